The molecule has 0 aliphatic carbocycles. The molecule has 0 radical (unpaired) electrons. The number of hydrogen-bond donors (Lipinski definition) is 0. The number of cyclic esters (lactones) is 1. The van der Waals surface area contributed by atoms with Crippen LogP contribution in [0, 0.1) is 17.8 Å². The van der Waals surface area contributed by atoms with E-state index in [1.54, 1.807) is 0 Å². The fourth-order valence-corrected chi connectivity index (χ4v) is 2.83. The largest absolute Gasteiger partial charge is 0.460 e. The van der Waals surface area contributed by atoms with Crippen LogP contribution in [0.3, 0.4) is 0 Å². The van der Waals surface area contributed by atoms with Crippen molar-refractivity contribution < 1.29 is 14.3 Å². The fourth-order valence-electron chi connectivity index (χ4n) is 2.83. The highest BCUT2D eigenvalue weighted by Crippen LogP contribution is 2.24. The van der Waals surface area contributed by atoms with Crippen LogP contribution in [-0.4, -0.2) is 49.8 Å². The van der Waals surface area contributed by atoms with Gasteiger partial charge in [0.2, 0.25) is 0 Å². The molecule has 0 unspecified atom stereocenters. The molecule has 2 rings (SSSR count). The van der Waals surface area contributed by atoms with Crippen LogP contribution in [0.15, 0.2) is 0 Å². The highest BCUT2D eigenvalue weighted by atomic mass is 16.6. The molecule has 2 heterocycles. The molecule has 0 N–H and O–H groups in total. The second kappa shape index (κ2) is 9.07. The molecule has 118 valence electrons. The van der Waals surface area contributed by atoms with E-state index in [2.05, 4.69) is 23.7 Å². The van der Waals surface area contributed by atoms with E-state index >= 15 is 0 Å². The van der Waals surface area contributed by atoms with Crippen molar-refractivity contribution in [3.63, 3.8) is 0 Å². The zero-order chi connectivity index (χ0) is 14.9. The van der Waals surface area contributed by atoms with Crippen LogP contribution in [0.25, 0.3) is 0 Å². The van der Waals surface area contributed by atoms with Crippen molar-refractivity contribution in [1.82, 2.24) is 4.90 Å². The van der Waals surface area contributed by atoms with Gasteiger partial charge in [-0.05, 0) is 32.4 Å². The summed E-state index contributed by atoms with van der Waals surface area (Å²) in [6.07, 6.45) is 6.22. The Morgan fingerprint density at radius 2 is 2.10 bits per heavy atom. The standard InChI is InChI=1S/C17H27NO3/c1-2-12-20-14-16-13-15(17(19)21-16)8-4-7-11-18-9-5-3-6-10-18/h15-16H,2-3,5-6,8-14H2,1H3/t15-,16-/m1/s1. The molecule has 4 heteroatoms. The topological polar surface area (TPSA) is 38.8 Å². The fraction of sp³-hybridized carbons (Fsp3) is 0.824. The maximum atomic E-state index is 11.8. The van der Waals surface area contributed by atoms with Crippen molar-refractivity contribution in [2.24, 2.45) is 5.92 Å². The SMILES string of the molecule is CCCOC[C@H]1C[C@@H](CC#CCN2CCCCC2)C(=O)O1. The van der Waals surface area contributed by atoms with Crippen LogP contribution in [0.5, 0.6) is 0 Å². The van der Waals surface area contributed by atoms with E-state index in [9.17, 15) is 4.79 Å². The molecule has 21 heavy (non-hydrogen) atoms. The number of likely N-dealkylation sites (tertiary alicyclic amines) is 1. The third-order valence-electron chi connectivity index (χ3n) is 4.04. The molecule has 2 fully saturated rings. The Kier molecular flexibility index (Phi) is 7.05. The summed E-state index contributed by atoms with van der Waals surface area (Å²) in [7, 11) is 0. The molecule has 2 aliphatic heterocycles. The van der Waals surface area contributed by atoms with Crippen LogP contribution in [0.4, 0.5) is 0 Å². The van der Waals surface area contributed by atoms with E-state index in [0.717, 1.165) is 39.1 Å². The summed E-state index contributed by atoms with van der Waals surface area (Å²) >= 11 is 0. The van der Waals surface area contributed by atoms with Gasteiger partial charge in [0.05, 0.1) is 19.1 Å². The number of nitrogens with zero attached hydrogens (tertiary/aromatic N) is 1. The lowest BCUT2D eigenvalue weighted by Crippen LogP contribution is -2.29. The van der Waals surface area contributed by atoms with E-state index in [-0.39, 0.29) is 18.0 Å². The van der Waals surface area contributed by atoms with Crippen molar-refractivity contribution in [3.8, 4) is 11.8 Å². The molecule has 2 aliphatic rings. The van der Waals surface area contributed by atoms with Crippen molar-refractivity contribution in [3.05, 3.63) is 0 Å². The Labute approximate surface area is 128 Å². The molecule has 2 saturated heterocycles. The quantitative estimate of drug-likeness (QED) is 0.428. The van der Waals surface area contributed by atoms with Gasteiger partial charge >= 0.3 is 5.97 Å². The van der Waals surface area contributed by atoms with E-state index in [4.69, 9.17) is 9.47 Å². The summed E-state index contributed by atoms with van der Waals surface area (Å²) < 4.78 is 10.8. The number of ether oxygens (including phenoxy) is 2. The Hall–Kier alpha value is -1.05. The predicted octanol–water partition coefficient (Wildman–Crippen LogP) is 2.22. The molecule has 0 aromatic rings. The number of hydrogen-bond acceptors (Lipinski definition) is 4. The van der Waals surface area contributed by atoms with Crippen LogP contribution in [-0.2, 0) is 14.3 Å². The molecular weight excluding hydrogens is 266 g/mol. The maximum absolute atomic E-state index is 11.8. The lowest BCUT2D eigenvalue weighted by Gasteiger charge is -2.23. The molecule has 0 bridgehead atoms. The number of carbonyl (C=O) groups excluding carboxylic acids is 1. The molecule has 0 saturated carbocycles. The molecular formula is C17H27NO3. The predicted molar refractivity (Wildman–Crippen MR) is 81.8 cm³/mol. The molecule has 0 amide bonds. The third-order valence-corrected chi connectivity index (χ3v) is 4.04. The van der Waals surface area contributed by atoms with Crippen molar-refractivity contribution >= 4 is 5.97 Å². The Morgan fingerprint density at radius 1 is 1.29 bits per heavy atom. The van der Waals surface area contributed by atoms with Crippen LogP contribution < -0.4 is 0 Å². The Morgan fingerprint density at radius 3 is 2.86 bits per heavy atom. The summed E-state index contributed by atoms with van der Waals surface area (Å²) in [5.74, 6) is 6.20. The van der Waals surface area contributed by atoms with Crippen LogP contribution >= 0.6 is 0 Å². The van der Waals surface area contributed by atoms with Gasteiger partial charge in [-0.15, -0.1) is 5.92 Å². The lowest BCUT2D eigenvalue weighted by atomic mass is 10.0. The molecule has 0 aromatic heterocycles. The zero-order valence-corrected chi connectivity index (χ0v) is 13.1. The van der Waals surface area contributed by atoms with Crippen molar-refractivity contribution in [1.29, 1.82) is 0 Å². The summed E-state index contributed by atoms with van der Waals surface area (Å²) in [4.78, 5) is 14.2. The van der Waals surface area contributed by atoms with Gasteiger partial charge in [-0.25, -0.2) is 0 Å². The van der Waals surface area contributed by atoms with Crippen LogP contribution in [0.2, 0.25) is 0 Å². The lowest BCUT2D eigenvalue weighted by molar-refractivity contribution is -0.146. The first-order valence-corrected chi connectivity index (χ1v) is 8.26. The first kappa shape index (κ1) is 16.3. The minimum absolute atomic E-state index is 0.0610. The monoisotopic (exact) mass is 293 g/mol. The van der Waals surface area contributed by atoms with Gasteiger partial charge in [-0.2, -0.15) is 0 Å². The number of piperidine rings is 1. The summed E-state index contributed by atoms with van der Waals surface area (Å²) in [5, 5.41) is 0. The first-order valence-electron chi connectivity index (χ1n) is 8.26. The second-order valence-corrected chi connectivity index (χ2v) is 5.96. The van der Waals surface area contributed by atoms with Gasteiger partial charge in [-0.3, -0.25) is 9.69 Å². The van der Waals surface area contributed by atoms with Gasteiger partial charge in [0, 0.05) is 19.4 Å². The van der Waals surface area contributed by atoms with Gasteiger partial charge in [0.25, 0.3) is 0 Å². The number of rotatable bonds is 6. The van der Waals surface area contributed by atoms with E-state index < -0.39 is 0 Å². The highest BCUT2D eigenvalue weighted by Gasteiger charge is 2.33. The highest BCUT2D eigenvalue weighted by molar-refractivity contribution is 5.75. The second-order valence-electron chi connectivity index (χ2n) is 5.96. The van der Waals surface area contributed by atoms with Gasteiger partial charge < -0.3 is 9.47 Å². The number of carbonyl (C=O) groups is 1. The average molecular weight is 293 g/mol. The Balaban J connectivity index is 1.65. The zero-order valence-electron chi connectivity index (χ0n) is 13.1. The minimum Gasteiger partial charge on any atom is -0.460 e. The maximum Gasteiger partial charge on any atom is 0.310 e. The van der Waals surface area contributed by atoms with Crippen LogP contribution in [0.1, 0.15) is 45.4 Å². The molecule has 0 aromatic carbocycles. The van der Waals surface area contributed by atoms with Gasteiger partial charge in [0.15, 0.2) is 0 Å². The third kappa shape index (κ3) is 5.68. The summed E-state index contributed by atoms with van der Waals surface area (Å²) in [6.45, 7) is 6.49. The molecule has 4 nitrogen and oxygen atoms in total. The van der Waals surface area contributed by atoms with Crippen molar-refractivity contribution in [2.75, 3.05) is 32.8 Å². The average Bonchev–Trinajstić information content (AvgIpc) is 2.85. The van der Waals surface area contributed by atoms with E-state index in [1.807, 2.05) is 0 Å². The first-order chi connectivity index (χ1) is 10.3. The van der Waals surface area contributed by atoms with E-state index in [1.165, 1.54) is 19.3 Å². The summed E-state index contributed by atoms with van der Waals surface area (Å²) in [6, 6.07) is 0. The molecule has 2 atom stereocenters. The minimum atomic E-state index is -0.104. The van der Waals surface area contributed by atoms with Crippen molar-refractivity contribution in [2.45, 2.75) is 51.6 Å². The molecule has 0 spiro atoms. The normalized spacial score (nSPS) is 26.2. The van der Waals surface area contributed by atoms with Gasteiger partial charge in [-0.1, -0.05) is 19.3 Å². The van der Waals surface area contributed by atoms with E-state index in [0.29, 0.717) is 13.0 Å². The number of esters is 1. The van der Waals surface area contributed by atoms with Gasteiger partial charge in [0.1, 0.15) is 6.10 Å². The summed E-state index contributed by atoms with van der Waals surface area (Å²) in [5.41, 5.74) is 0. The smallest absolute Gasteiger partial charge is 0.310 e. The Bertz CT molecular complexity index is 379.